The highest BCUT2D eigenvalue weighted by Gasteiger charge is 2.18. The van der Waals surface area contributed by atoms with E-state index in [0.717, 1.165) is 10.6 Å². The van der Waals surface area contributed by atoms with E-state index in [1.54, 1.807) is 42.5 Å². The maximum absolute atomic E-state index is 13.0. The Morgan fingerprint density at radius 1 is 0.730 bits per heavy atom. The number of rotatable bonds is 8. The Balaban J connectivity index is 1.40. The average Bonchev–Trinajstić information content (AvgIpc) is 2.89. The van der Waals surface area contributed by atoms with Crippen LogP contribution in [0, 0.1) is 0 Å². The molecule has 6 nitrogen and oxygen atoms in total. The van der Waals surface area contributed by atoms with Crippen molar-refractivity contribution in [2.45, 2.75) is 36.8 Å². The van der Waals surface area contributed by atoms with Crippen LogP contribution >= 0.6 is 11.8 Å². The maximum Gasteiger partial charge on any atom is 0.336 e. The van der Waals surface area contributed by atoms with Gasteiger partial charge in [-0.15, -0.1) is 11.8 Å². The Morgan fingerprint density at radius 3 is 1.89 bits per heavy atom. The van der Waals surface area contributed by atoms with Gasteiger partial charge in [0.2, 0.25) is 5.91 Å². The molecule has 1 unspecified atom stereocenters. The summed E-state index contributed by atoms with van der Waals surface area (Å²) in [6.45, 7) is 6.10. The van der Waals surface area contributed by atoms with Crippen molar-refractivity contribution in [2.24, 2.45) is 0 Å². The van der Waals surface area contributed by atoms with Gasteiger partial charge < -0.3 is 15.7 Å². The highest BCUT2D eigenvalue weighted by atomic mass is 32.2. The molecule has 4 aromatic rings. The SMILES string of the molecule is CC(Sc1ccc(NC(=O)c2cccc3cccc(C(=O)O)c23)cc1)C(=O)Nc1ccc(C(C)C)cc1. The largest absolute Gasteiger partial charge is 0.478 e. The van der Waals surface area contributed by atoms with Crippen LogP contribution in [0.2, 0.25) is 0 Å². The molecule has 0 aliphatic carbocycles. The second kappa shape index (κ2) is 11.3. The lowest BCUT2D eigenvalue weighted by Crippen LogP contribution is -2.22. The van der Waals surface area contributed by atoms with E-state index in [9.17, 15) is 19.5 Å². The van der Waals surface area contributed by atoms with E-state index in [0.29, 0.717) is 27.9 Å². The molecule has 188 valence electrons. The van der Waals surface area contributed by atoms with Crippen molar-refractivity contribution in [2.75, 3.05) is 10.6 Å². The first-order valence-corrected chi connectivity index (χ1v) is 12.8. The highest BCUT2D eigenvalue weighted by molar-refractivity contribution is 8.00. The minimum atomic E-state index is -1.09. The molecule has 0 aliphatic heterocycles. The first kappa shape index (κ1) is 26.0. The molecule has 0 saturated carbocycles. The van der Waals surface area contributed by atoms with Crippen molar-refractivity contribution in [3.63, 3.8) is 0 Å². The minimum absolute atomic E-state index is 0.0816. The minimum Gasteiger partial charge on any atom is -0.478 e. The van der Waals surface area contributed by atoms with Crippen LogP contribution in [0.15, 0.2) is 89.8 Å². The number of carboxylic acids is 1. The summed E-state index contributed by atoms with van der Waals surface area (Å²) in [5, 5.41) is 16.1. The molecule has 4 aromatic carbocycles. The van der Waals surface area contributed by atoms with Crippen LogP contribution in [-0.4, -0.2) is 28.1 Å². The third-order valence-electron chi connectivity index (χ3n) is 6.02. The lowest BCUT2D eigenvalue weighted by Gasteiger charge is -2.14. The summed E-state index contributed by atoms with van der Waals surface area (Å²) in [5.74, 6) is -1.14. The lowest BCUT2D eigenvalue weighted by atomic mass is 9.98. The Morgan fingerprint density at radius 2 is 1.30 bits per heavy atom. The van der Waals surface area contributed by atoms with Crippen LogP contribution in [0.1, 0.15) is 53.0 Å². The van der Waals surface area contributed by atoms with Crippen molar-refractivity contribution in [3.8, 4) is 0 Å². The van der Waals surface area contributed by atoms with Crippen molar-refractivity contribution in [1.29, 1.82) is 0 Å². The molecule has 0 bridgehead atoms. The van der Waals surface area contributed by atoms with Crippen molar-refractivity contribution in [1.82, 2.24) is 0 Å². The van der Waals surface area contributed by atoms with Crippen LogP contribution in [-0.2, 0) is 4.79 Å². The lowest BCUT2D eigenvalue weighted by molar-refractivity contribution is -0.115. The first-order valence-electron chi connectivity index (χ1n) is 12.0. The molecular formula is C30H28N2O4S. The van der Waals surface area contributed by atoms with Gasteiger partial charge in [-0.2, -0.15) is 0 Å². The number of carboxylic acid groups (broad SMARTS) is 1. The van der Waals surface area contributed by atoms with Crippen molar-refractivity contribution < 1.29 is 19.5 Å². The van der Waals surface area contributed by atoms with E-state index in [1.165, 1.54) is 23.4 Å². The second-order valence-corrected chi connectivity index (χ2v) is 10.4. The van der Waals surface area contributed by atoms with Gasteiger partial charge in [-0.3, -0.25) is 9.59 Å². The van der Waals surface area contributed by atoms with Gasteiger partial charge >= 0.3 is 5.97 Å². The number of nitrogens with one attached hydrogen (secondary N) is 2. The standard InChI is InChI=1S/C30H28N2O4S/c1-18(2)20-10-12-22(13-11-20)31-28(33)19(3)37-24-16-14-23(15-17-24)32-29(34)25-8-4-6-21-7-5-9-26(27(21)25)30(35)36/h4-19H,1-3H3,(H,31,33)(H,32,34)(H,35,36). The highest BCUT2D eigenvalue weighted by Crippen LogP contribution is 2.28. The number of carbonyl (C=O) groups is 3. The Bertz CT molecular complexity index is 1440. The van der Waals surface area contributed by atoms with Crippen LogP contribution < -0.4 is 10.6 Å². The fourth-order valence-corrected chi connectivity index (χ4v) is 4.84. The van der Waals surface area contributed by atoms with Gasteiger partial charge in [-0.05, 0) is 72.3 Å². The normalized spacial score (nSPS) is 11.8. The summed E-state index contributed by atoms with van der Waals surface area (Å²) < 4.78 is 0. The third-order valence-corrected chi connectivity index (χ3v) is 7.13. The first-order chi connectivity index (χ1) is 17.7. The summed E-state index contributed by atoms with van der Waals surface area (Å²) >= 11 is 1.42. The van der Waals surface area contributed by atoms with Crippen molar-refractivity contribution in [3.05, 3.63) is 102 Å². The van der Waals surface area contributed by atoms with Gasteiger partial charge in [0.25, 0.3) is 5.91 Å². The van der Waals surface area contributed by atoms with Crippen LogP contribution in [0.3, 0.4) is 0 Å². The number of thioether (sulfide) groups is 1. The Kier molecular flexibility index (Phi) is 7.94. The van der Waals surface area contributed by atoms with Gasteiger partial charge in [0.05, 0.1) is 10.8 Å². The molecule has 7 heteroatoms. The van der Waals surface area contributed by atoms with E-state index in [2.05, 4.69) is 24.5 Å². The van der Waals surface area contributed by atoms with Crippen LogP contribution in [0.5, 0.6) is 0 Å². The Labute approximate surface area is 220 Å². The van der Waals surface area contributed by atoms with Gasteiger partial charge in [0.1, 0.15) is 0 Å². The zero-order valence-corrected chi connectivity index (χ0v) is 21.6. The summed E-state index contributed by atoms with van der Waals surface area (Å²) in [4.78, 5) is 38.3. The molecule has 0 heterocycles. The molecule has 3 N–H and O–H groups in total. The third kappa shape index (κ3) is 6.19. The summed E-state index contributed by atoms with van der Waals surface area (Å²) in [6.07, 6.45) is 0. The van der Waals surface area contributed by atoms with Gasteiger partial charge in [-0.25, -0.2) is 4.79 Å². The fourth-order valence-electron chi connectivity index (χ4n) is 3.98. The van der Waals surface area contributed by atoms with E-state index >= 15 is 0 Å². The van der Waals surface area contributed by atoms with E-state index in [1.807, 2.05) is 43.3 Å². The summed E-state index contributed by atoms with van der Waals surface area (Å²) in [7, 11) is 0. The monoisotopic (exact) mass is 512 g/mol. The number of aromatic carboxylic acids is 1. The number of amides is 2. The summed E-state index contributed by atoms with van der Waals surface area (Å²) in [6, 6.07) is 25.1. The second-order valence-electron chi connectivity index (χ2n) is 9.02. The number of benzene rings is 4. The maximum atomic E-state index is 13.0. The predicted molar refractivity (Wildman–Crippen MR) is 150 cm³/mol. The van der Waals surface area contributed by atoms with Gasteiger partial charge in [0.15, 0.2) is 0 Å². The van der Waals surface area contributed by atoms with Crippen molar-refractivity contribution >= 4 is 51.7 Å². The molecule has 0 fully saturated rings. The van der Waals surface area contributed by atoms with E-state index in [4.69, 9.17) is 0 Å². The molecule has 0 aromatic heterocycles. The number of fused-ring (bicyclic) bond motifs is 1. The topological polar surface area (TPSA) is 95.5 Å². The molecule has 0 aliphatic rings. The fraction of sp³-hybridized carbons (Fsp3) is 0.167. The molecule has 4 rings (SSSR count). The summed E-state index contributed by atoms with van der Waals surface area (Å²) in [5.41, 5.74) is 2.93. The number of carbonyl (C=O) groups excluding carboxylic acids is 2. The van der Waals surface area contributed by atoms with Gasteiger partial charge in [0, 0.05) is 27.2 Å². The van der Waals surface area contributed by atoms with E-state index in [-0.39, 0.29) is 16.7 Å². The van der Waals surface area contributed by atoms with Crippen LogP contribution in [0.4, 0.5) is 11.4 Å². The smallest absolute Gasteiger partial charge is 0.336 e. The predicted octanol–water partition coefficient (Wildman–Crippen LogP) is 7.03. The van der Waals surface area contributed by atoms with Gasteiger partial charge in [-0.1, -0.05) is 50.2 Å². The molecule has 0 spiro atoms. The molecular weight excluding hydrogens is 484 g/mol. The molecule has 1 atom stereocenters. The number of hydrogen-bond donors (Lipinski definition) is 3. The molecule has 37 heavy (non-hydrogen) atoms. The number of hydrogen-bond acceptors (Lipinski definition) is 4. The average molecular weight is 513 g/mol. The molecule has 0 saturated heterocycles. The zero-order chi connectivity index (χ0) is 26.5. The molecule has 0 radical (unpaired) electrons. The zero-order valence-electron chi connectivity index (χ0n) is 20.8. The number of anilines is 2. The quantitative estimate of drug-likeness (QED) is 0.220. The van der Waals surface area contributed by atoms with E-state index < -0.39 is 11.9 Å². The van der Waals surface area contributed by atoms with Crippen LogP contribution in [0.25, 0.3) is 10.8 Å². The molecule has 2 amide bonds. The Hall–Kier alpha value is -4.10.